The van der Waals surface area contributed by atoms with Crippen molar-refractivity contribution in [2.75, 3.05) is 31.7 Å². The van der Waals surface area contributed by atoms with Crippen LogP contribution >= 0.6 is 23.5 Å². The van der Waals surface area contributed by atoms with Gasteiger partial charge >= 0.3 is 0 Å². The van der Waals surface area contributed by atoms with Gasteiger partial charge < -0.3 is 14.4 Å². The Morgan fingerprint density at radius 3 is 2.74 bits per heavy atom. The average Bonchev–Trinajstić information content (AvgIpc) is 3.16. The Hall–Kier alpha value is -2.48. The van der Waals surface area contributed by atoms with Crippen molar-refractivity contribution in [2.45, 2.75) is 69.6 Å². The fourth-order valence-corrected chi connectivity index (χ4v) is 7.57. The number of benzene rings is 2. The van der Waals surface area contributed by atoms with E-state index in [1.807, 2.05) is 30.3 Å². The molecule has 8 heteroatoms. The van der Waals surface area contributed by atoms with Crippen LogP contribution in [0.2, 0.25) is 5.02 Å². The van der Waals surface area contributed by atoms with Gasteiger partial charge in [0, 0.05) is 47.9 Å². The molecule has 2 heterocycles. The summed E-state index contributed by atoms with van der Waals surface area (Å²) in [6.45, 7) is 8.48. The molecule has 6 nitrogen and oxygen atoms in total. The Kier molecular flexibility index (Phi) is 9.91. The number of anilines is 1. The van der Waals surface area contributed by atoms with Gasteiger partial charge in [0.1, 0.15) is 11.4 Å². The second-order valence-corrected chi connectivity index (χ2v) is 13.8. The zero-order valence-corrected chi connectivity index (χ0v) is 26.7. The van der Waals surface area contributed by atoms with Crippen LogP contribution in [-0.2, 0) is 16.0 Å². The third-order valence-electron chi connectivity index (χ3n) is 9.52. The van der Waals surface area contributed by atoms with Gasteiger partial charge in [0.05, 0.1) is 12.3 Å². The molecule has 2 aliphatic heterocycles. The highest BCUT2D eigenvalue weighted by molar-refractivity contribution is 7.98. The van der Waals surface area contributed by atoms with Crippen molar-refractivity contribution in [1.82, 2.24) is 4.72 Å². The highest BCUT2D eigenvalue weighted by atomic mass is 35.5. The minimum Gasteiger partial charge on any atom is -0.491 e. The lowest BCUT2D eigenvalue weighted by atomic mass is 9.64. The first-order valence-electron chi connectivity index (χ1n) is 15.2. The smallest absolute Gasteiger partial charge is 0.261 e. The number of fused-ring (bicyclic) bond motifs is 2. The molecule has 2 aromatic rings. The number of carbonyl (C=O) groups excluding carboxylic acids is 2. The summed E-state index contributed by atoms with van der Waals surface area (Å²) < 4.78 is 15.5. The maximum atomic E-state index is 13.3. The van der Waals surface area contributed by atoms with E-state index < -0.39 is 5.60 Å². The first kappa shape index (κ1) is 31.0. The van der Waals surface area contributed by atoms with Crippen molar-refractivity contribution in [3.8, 4) is 5.75 Å². The Balaban J connectivity index is 1.55. The van der Waals surface area contributed by atoms with Gasteiger partial charge in [-0.05, 0) is 97.0 Å². The number of hydrogen-bond donors (Lipinski definition) is 1. The van der Waals surface area contributed by atoms with Crippen LogP contribution in [0.25, 0.3) is 0 Å². The minimum atomic E-state index is -0.943. The SMILES string of the molecule is CCCc1cc(Cl)ccc1C1COc2ccc3cc2N(C1)CC1CCC1C(C=O)(OC)/C=C/CC(C)C(C)SNC3=O. The molecule has 1 fully saturated rings. The van der Waals surface area contributed by atoms with Gasteiger partial charge in [0.15, 0.2) is 6.29 Å². The van der Waals surface area contributed by atoms with Crippen LogP contribution in [0.1, 0.15) is 73.9 Å². The topological polar surface area (TPSA) is 67.9 Å². The van der Waals surface area contributed by atoms with Crippen molar-refractivity contribution in [3.05, 3.63) is 70.3 Å². The number of carbonyl (C=O) groups is 2. The largest absolute Gasteiger partial charge is 0.491 e. The molecule has 6 unspecified atom stereocenters. The first-order valence-corrected chi connectivity index (χ1v) is 16.5. The van der Waals surface area contributed by atoms with E-state index in [1.165, 1.54) is 23.1 Å². The van der Waals surface area contributed by atoms with Crippen LogP contribution < -0.4 is 14.4 Å². The molecule has 2 bridgehead atoms. The van der Waals surface area contributed by atoms with Crippen LogP contribution in [0.5, 0.6) is 5.75 Å². The van der Waals surface area contributed by atoms with Gasteiger partial charge in [0.2, 0.25) is 0 Å². The van der Waals surface area contributed by atoms with E-state index in [4.69, 9.17) is 21.1 Å². The number of aldehydes is 1. The molecule has 0 radical (unpaired) electrons. The zero-order valence-electron chi connectivity index (χ0n) is 25.1. The van der Waals surface area contributed by atoms with Gasteiger partial charge in [-0.25, -0.2) is 0 Å². The van der Waals surface area contributed by atoms with Gasteiger partial charge in [0.25, 0.3) is 5.91 Å². The van der Waals surface area contributed by atoms with Gasteiger partial charge in [-0.2, -0.15) is 0 Å². The number of nitrogens with one attached hydrogen (secondary N) is 1. The molecule has 1 aliphatic carbocycles. The molecule has 1 N–H and O–H groups in total. The van der Waals surface area contributed by atoms with E-state index in [-0.39, 0.29) is 28.9 Å². The number of hydrogen-bond acceptors (Lipinski definition) is 6. The summed E-state index contributed by atoms with van der Waals surface area (Å²) in [6.07, 6.45) is 9.80. The van der Waals surface area contributed by atoms with Crippen molar-refractivity contribution < 1.29 is 19.1 Å². The fourth-order valence-electron chi connectivity index (χ4n) is 6.62. The lowest BCUT2D eigenvalue weighted by Crippen LogP contribution is -2.52. The molecule has 42 heavy (non-hydrogen) atoms. The van der Waals surface area contributed by atoms with E-state index in [1.54, 1.807) is 7.11 Å². The zero-order chi connectivity index (χ0) is 29.9. The summed E-state index contributed by atoms with van der Waals surface area (Å²) in [7, 11) is 1.65. The fraction of sp³-hybridized carbons (Fsp3) is 0.529. The number of amides is 1. The molecule has 3 aliphatic rings. The van der Waals surface area contributed by atoms with E-state index in [2.05, 4.69) is 48.6 Å². The van der Waals surface area contributed by atoms with Crippen molar-refractivity contribution >= 4 is 41.4 Å². The normalized spacial score (nSPS) is 30.6. The summed E-state index contributed by atoms with van der Waals surface area (Å²) >= 11 is 7.86. The maximum Gasteiger partial charge on any atom is 0.261 e. The van der Waals surface area contributed by atoms with E-state index in [9.17, 15) is 9.59 Å². The molecule has 0 saturated heterocycles. The second kappa shape index (κ2) is 13.4. The minimum absolute atomic E-state index is 0.0787. The summed E-state index contributed by atoms with van der Waals surface area (Å²) in [5.41, 5.74) is 3.10. The van der Waals surface area contributed by atoms with Gasteiger partial charge in [-0.3, -0.25) is 14.3 Å². The number of halogens is 1. The van der Waals surface area contributed by atoms with Crippen LogP contribution in [0.15, 0.2) is 48.6 Å². The van der Waals surface area contributed by atoms with Gasteiger partial charge in [-0.1, -0.05) is 50.9 Å². The van der Waals surface area contributed by atoms with Crippen LogP contribution in [0.4, 0.5) is 5.69 Å². The molecule has 1 saturated carbocycles. The molecule has 226 valence electrons. The monoisotopic (exact) mass is 610 g/mol. The van der Waals surface area contributed by atoms with Gasteiger partial charge in [-0.15, -0.1) is 0 Å². The van der Waals surface area contributed by atoms with Crippen molar-refractivity contribution in [1.29, 1.82) is 0 Å². The number of aryl methyl sites for hydroxylation is 1. The molecule has 5 rings (SSSR count). The molecule has 0 aromatic heterocycles. The quantitative estimate of drug-likeness (QED) is 0.219. The maximum absolute atomic E-state index is 13.3. The lowest BCUT2D eigenvalue weighted by Gasteiger charge is -2.47. The highest BCUT2D eigenvalue weighted by Crippen LogP contribution is 2.46. The first-order chi connectivity index (χ1) is 20.3. The summed E-state index contributed by atoms with van der Waals surface area (Å²) in [4.78, 5) is 28.3. The van der Waals surface area contributed by atoms with Crippen molar-refractivity contribution in [2.24, 2.45) is 17.8 Å². The summed E-state index contributed by atoms with van der Waals surface area (Å²) in [5, 5.41) is 0.937. The number of ether oxygens (including phenoxy) is 2. The highest BCUT2D eigenvalue weighted by Gasteiger charge is 2.47. The number of nitrogens with zero attached hydrogens (tertiary/aromatic N) is 1. The standard InChI is InChI=1S/C34H43ClN2O4S/c1-5-7-24-16-28(35)11-12-29(24)27-19-37-18-26-9-13-30(26)34(21-38,40-4)15-6-8-22(2)23(3)42-36-33(39)25-10-14-32(41-20-27)31(37)17-25/h6,10-12,14-17,21-23,26-27,30H,5,7-9,13,18-20H2,1-4H3,(H,36,39)/b15-6+. The summed E-state index contributed by atoms with van der Waals surface area (Å²) in [5.74, 6) is 1.43. The Morgan fingerprint density at radius 1 is 1.19 bits per heavy atom. The van der Waals surface area contributed by atoms with E-state index >= 15 is 0 Å². The lowest BCUT2D eigenvalue weighted by molar-refractivity contribution is -0.135. The molecule has 1 amide bonds. The second-order valence-electron chi connectivity index (χ2n) is 12.2. The third-order valence-corrected chi connectivity index (χ3v) is 10.9. The van der Waals surface area contributed by atoms with Crippen LogP contribution in [0, 0.1) is 17.8 Å². The Morgan fingerprint density at radius 2 is 2.02 bits per heavy atom. The number of methoxy groups -OCH3 is 1. The molecule has 0 spiro atoms. The number of allylic oxidation sites excluding steroid dienone is 1. The molecular formula is C34H43ClN2O4S. The molecule has 6 atom stereocenters. The molecule has 2 aromatic carbocycles. The number of rotatable bonds is 5. The molecular weight excluding hydrogens is 568 g/mol. The van der Waals surface area contributed by atoms with Crippen molar-refractivity contribution in [3.63, 3.8) is 0 Å². The average molecular weight is 611 g/mol. The predicted octanol–water partition coefficient (Wildman–Crippen LogP) is 7.25. The van der Waals surface area contributed by atoms with E-state index in [0.29, 0.717) is 18.1 Å². The van der Waals surface area contributed by atoms with Crippen LogP contribution in [0.3, 0.4) is 0 Å². The Labute approximate surface area is 259 Å². The third kappa shape index (κ3) is 6.39. The van der Waals surface area contributed by atoms with E-state index in [0.717, 1.165) is 67.9 Å². The summed E-state index contributed by atoms with van der Waals surface area (Å²) in [6, 6.07) is 12.0. The van der Waals surface area contributed by atoms with Crippen LogP contribution in [-0.4, -0.2) is 49.9 Å². The predicted molar refractivity (Wildman–Crippen MR) is 172 cm³/mol. The Bertz CT molecular complexity index is 1320.